The van der Waals surface area contributed by atoms with Crippen LogP contribution in [-0.4, -0.2) is 33.1 Å². The van der Waals surface area contributed by atoms with Gasteiger partial charge in [0.25, 0.3) is 0 Å². The summed E-state index contributed by atoms with van der Waals surface area (Å²) in [6.45, 7) is 7.83. The molecule has 129 valence electrons. The molecule has 1 saturated heterocycles. The fourth-order valence-electron chi connectivity index (χ4n) is 3.22. The molecule has 0 aliphatic carbocycles. The molecule has 1 unspecified atom stereocenters. The van der Waals surface area contributed by atoms with Crippen LogP contribution in [0.2, 0.25) is 0 Å². The minimum absolute atomic E-state index is 0.0385. The van der Waals surface area contributed by atoms with E-state index in [0.717, 1.165) is 18.5 Å². The van der Waals surface area contributed by atoms with Crippen molar-refractivity contribution < 1.29 is 5.21 Å². The van der Waals surface area contributed by atoms with Crippen molar-refractivity contribution in [2.75, 3.05) is 5.32 Å². The molecule has 1 aromatic heterocycles. The van der Waals surface area contributed by atoms with Crippen molar-refractivity contribution in [1.82, 2.24) is 15.4 Å². The van der Waals surface area contributed by atoms with E-state index in [2.05, 4.69) is 20.6 Å². The molecule has 0 spiro atoms. The van der Waals surface area contributed by atoms with E-state index in [0.29, 0.717) is 12.4 Å². The van der Waals surface area contributed by atoms with Gasteiger partial charge in [0.15, 0.2) is 6.19 Å². The lowest BCUT2D eigenvalue weighted by Gasteiger charge is -2.39. The molecule has 24 heavy (non-hydrogen) atoms. The molecule has 2 heterocycles. The molecule has 1 aliphatic heterocycles. The predicted molar refractivity (Wildman–Crippen MR) is 92.4 cm³/mol. The summed E-state index contributed by atoms with van der Waals surface area (Å²) in [5, 5.41) is 28.5. The van der Waals surface area contributed by atoms with Crippen molar-refractivity contribution in [3.63, 3.8) is 0 Å². The molecule has 0 aromatic carbocycles. The van der Waals surface area contributed by atoms with E-state index in [-0.39, 0.29) is 6.04 Å². The van der Waals surface area contributed by atoms with Crippen LogP contribution in [0.4, 0.5) is 5.69 Å². The number of aromatic nitrogens is 1. The van der Waals surface area contributed by atoms with E-state index in [1.807, 2.05) is 33.9 Å². The summed E-state index contributed by atoms with van der Waals surface area (Å²) in [5.74, 6) is 0.390. The number of nitrogens with one attached hydrogen (secondary N) is 2. The van der Waals surface area contributed by atoms with Crippen LogP contribution in [0.15, 0.2) is 29.5 Å². The fourth-order valence-corrected chi connectivity index (χ4v) is 3.22. The summed E-state index contributed by atoms with van der Waals surface area (Å²) in [5.41, 5.74) is -0.136. The fraction of sp³-hybridized carbons (Fsp3) is 0.588. The SMILES string of the molecule is CC1(C)CCC(N=C(NC#N)Nc2ccncc2)CC(C)(C)N1[O]. The van der Waals surface area contributed by atoms with Gasteiger partial charge in [0, 0.05) is 29.2 Å². The maximum Gasteiger partial charge on any atom is 0.209 e. The highest BCUT2D eigenvalue weighted by Gasteiger charge is 2.43. The zero-order chi connectivity index (χ0) is 17.8. The van der Waals surface area contributed by atoms with Crippen molar-refractivity contribution >= 4 is 11.6 Å². The summed E-state index contributed by atoms with van der Waals surface area (Å²) in [4.78, 5) is 8.63. The molecule has 0 bridgehead atoms. The van der Waals surface area contributed by atoms with Crippen molar-refractivity contribution in [1.29, 1.82) is 5.26 Å². The van der Waals surface area contributed by atoms with E-state index in [1.54, 1.807) is 24.5 Å². The van der Waals surface area contributed by atoms with Crippen molar-refractivity contribution in [2.24, 2.45) is 4.99 Å². The second-order valence-corrected chi connectivity index (χ2v) is 7.39. The number of hydrogen-bond donors (Lipinski definition) is 2. The second-order valence-electron chi connectivity index (χ2n) is 7.39. The van der Waals surface area contributed by atoms with Gasteiger partial charge in [0.05, 0.1) is 6.04 Å². The lowest BCUT2D eigenvalue weighted by molar-refractivity contribution is -0.269. The number of nitriles is 1. The van der Waals surface area contributed by atoms with Gasteiger partial charge in [-0.1, -0.05) is 0 Å². The molecule has 1 fully saturated rings. The summed E-state index contributed by atoms with van der Waals surface area (Å²) >= 11 is 0. The lowest BCUT2D eigenvalue weighted by Crippen LogP contribution is -2.51. The van der Waals surface area contributed by atoms with Crippen molar-refractivity contribution in [3.8, 4) is 6.19 Å². The average molecular weight is 329 g/mol. The van der Waals surface area contributed by atoms with Gasteiger partial charge in [-0.05, 0) is 59.1 Å². The van der Waals surface area contributed by atoms with E-state index >= 15 is 0 Å². The van der Waals surface area contributed by atoms with E-state index < -0.39 is 11.1 Å². The third-order valence-electron chi connectivity index (χ3n) is 4.35. The molecule has 2 rings (SSSR count). The van der Waals surface area contributed by atoms with Gasteiger partial charge in [-0.15, -0.1) is 10.3 Å². The third-order valence-corrected chi connectivity index (χ3v) is 4.35. The Morgan fingerprint density at radius 3 is 2.62 bits per heavy atom. The molecule has 1 aromatic rings. The Kier molecular flexibility index (Phi) is 5.42. The van der Waals surface area contributed by atoms with Crippen LogP contribution in [0.5, 0.6) is 0 Å². The smallest absolute Gasteiger partial charge is 0.209 e. The molecule has 1 atom stereocenters. The number of guanidine groups is 1. The van der Waals surface area contributed by atoms with Gasteiger partial charge < -0.3 is 5.32 Å². The lowest BCUT2D eigenvalue weighted by atomic mass is 9.94. The van der Waals surface area contributed by atoms with Gasteiger partial charge >= 0.3 is 0 Å². The molecule has 0 amide bonds. The Morgan fingerprint density at radius 1 is 1.33 bits per heavy atom. The van der Waals surface area contributed by atoms with Crippen LogP contribution in [0, 0.1) is 11.5 Å². The Morgan fingerprint density at radius 2 is 2.00 bits per heavy atom. The van der Waals surface area contributed by atoms with E-state index in [1.165, 1.54) is 5.06 Å². The van der Waals surface area contributed by atoms with Gasteiger partial charge in [0.2, 0.25) is 5.96 Å². The van der Waals surface area contributed by atoms with Gasteiger partial charge in [-0.25, -0.2) is 4.99 Å². The van der Waals surface area contributed by atoms with E-state index in [9.17, 15) is 5.21 Å². The highest BCUT2D eigenvalue weighted by molar-refractivity contribution is 5.94. The van der Waals surface area contributed by atoms with Crippen LogP contribution in [-0.2, 0) is 5.21 Å². The maximum absolute atomic E-state index is 12.6. The zero-order valence-electron chi connectivity index (χ0n) is 14.7. The summed E-state index contributed by atoms with van der Waals surface area (Å²) in [6, 6.07) is 3.56. The molecular weight excluding hydrogens is 304 g/mol. The van der Waals surface area contributed by atoms with Crippen molar-refractivity contribution in [3.05, 3.63) is 24.5 Å². The largest absolute Gasteiger partial charge is 0.325 e. The van der Waals surface area contributed by atoms with E-state index in [4.69, 9.17) is 5.26 Å². The van der Waals surface area contributed by atoms with Crippen molar-refractivity contribution in [2.45, 2.75) is 64.1 Å². The number of hydroxylamine groups is 2. The van der Waals surface area contributed by atoms with Gasteiger partial charge in [-0.3, -0.25) is 10.3 Å². The summed E-state index contributed by atoms with van der Waals surface area (Å²) in [6.07, 6.45) is 7.42. The molecule has 2 N–H and O–H groups in total. The highest BCUT2D eigenvalue weighted by Crippen LogP contribution is 2.36. The van der Waals surface area contributed by atoms with Gasteiger partial charge in [-0.2, -0.15) is 5.26 Å². The molecular formula is C17H25N6O. The van der Waals surface area contributed by atoms with Crippen LogP contribution >= 0.6 is 0 Å². The first-order chi connectivity index (χ1) is 11.2. The second kappa shape index (κ2) is 7.16. The monoisotopic (exact) mass is 329 g/mol. The maximum atomic E-state index is 12.6. The minimum atomic E-state index is -0.511. The standard InChI is InChI=1S/C17H25N6O/c1-16(2)8-5-14(11-17(3,4)23(16)24)22-15(20-12-18)21-13-6-9-19-10-7-13/h6-7,9-10,14H,5,8,11H2,1-4H3,(H2,19,20,21,22). The number of rotatable bonds is 2. The first kappa shape index (κ1) is 18.2. The molecule has 7 nitrogen and oxygen atoms in total. The first-order valence-corrected chi connectivity index (χ1v) is 8.12. The predicted octanol–water partition coefficient (Wildman–Crippen LogP) is 2.68. The number of anilines is 1. The van der Waals surface area contributed by atoms with Crippen LogP contribution in [0.1, 0.15) is 47.0 Å². The first-order valence-electron chi connectivity index (χ1n) is 8.12. The summed E-state index contributed by atoms with van der Waals surface area (Å²) < 4.78 is 0. The molecule has 1 aliphatic rings. The quantitative estimate of drug-likeness (QED) is 0.376. The Hall–Kier alpha value is -2.17. The Balaban J connectivity index is 2.21. The molecule has 7 heteroatoms. The topological polar surface area (TPSA) is 96.2 Å². The average Bonchev–Trinajstić information content (AvgIpc) is 2.59. The number of pyridine rings is 1. The number of aliphatic imine (C=N–C) groups is 1. The number of hydrogen-bond acceptors (Lipinski definition) is 4. The van der Waals surface area contributed by atoms with Crippen LogP contribution in [0.3, 0.4) is 0 Å². The normalized spacial score (nSPS) is 23.8. The minimum Gasteiger partial charge on any atom is -0.325 e. The Bertz CT molecular complexity index is 620. The van der Waals surface area contributed by atoms with Crippen LogP contribution in [0.25, 0.3) is 0 Å². The highest BCUT2D eigenvalue weighted by atomic mass is 16.5. The third kappa shape index (κ3) is 4.43. The Labute approximate surface area is 143 Å². The molecule has 1 radical (unpaired) electrons. The number of nitrogens with zero attached hydrogens (tertiary/aromatic N) is 4. The zero-order valence-corrected chi connectivity index (χ0v) is 14.7. The van der Waals surface area contributed by atoms with Gasteiger partial charge in [0.1, 0.15) is 0 Å². The van der Waals surface area contributed by atoms with Crippen LogP contribution < -0.4 is 10.6 Å². The summed E-state index contributed by atoms with van der Waals surface area (Å²) in [7, 11) is 0. The molecule has 0 saturated carbocycles.